The lowest BCUT2D eigenvalue weighted by Gasteiger charge is -2.34. The molecule has 2 N–H and O–H groups in total. The molecule has 0 amide bonds. The van der Waals surface area contributed by atoms with E-state index < -0.39 is 0 Å². The summed E-state index contributed by atoms with van der Waals surface area (Å²) in [6.07, 6.45) is 7.48. The SMILES string of the molecule is CN1CCN(c2cccc(Nc3nc(C4CCCCC4)c4c(=O)cc[nH]c4n3)c2)CC1. The Balaban J connectivity index is 1.47. The second-order valence-corrected chi connectivity index (χ2v) is 8.80. The Morgan fingerprint density at radius 3 is 2.65 bits per heavy atom. The van der Waals surface area contributed by atoms with Crippen molar-refractivity contribution >= 4 is 28.4 Å². The second-order valence-electron chi connectivity index (χ2n) is 8.80. The van der Waals surface area contributed by atoms with E-state index in [-0.39, 0.29) is 5.43 Å². The first-order valence-electron chi connectivity index (χ1n) is 11.4. The summed E-state index contributed by atoms with van der Waals surface area (Å²) in [6.45, 7) is 4.20. The summed E-state index contributed by atoms with van der Waals surface area (Å²) >= 11 is 0. The fourth-order valence-electron chi connectivity index (χ4n) is 4.81. The molecule has 3 heterocycles. The number of hydrogen-bond donors (Lipinski definition) is 2. The molecule has 0 radical (unpaired) electrons. The molecule has 31 heavy (non-hydrogen) atoms. The third-order valence-electron chi connectivity index (χ3n) is 6.60. The third kappa shape index (κ3) is 4.28. The van der Waals surface area contributed by atoms with E-state index in [2.05, 4.69) is 50.3 Å². The highest BCUT2D eigenvalue weighted by Gasteiger charge is 2.22. The van der Waals surface area contributed by atoms with Crippen LogP contribution in [0.3, 0.4) is 0 Å². The predicted molar refractivity (Wildman–Crippen MR) is 125 cm³/mol. The van der Waals surface area contributed by atoms with Gasteiger partial charge in [-0.1, -0.05) is 25.3 Å². The van der Waals surface area contributed by atoms with Crippen LogP contribution in [0.5, 0.6) is 0 Å². The molecule has 7 nitrogen and oxygen atoms in total. The fraction of sp³-hybridized carbons (Fsp3) is 0.458. The van der Waals surface area contributed by atoms with Crippen molar-refractivity contribution in [3.63, 3.8) is 0 Å². The van der Waals surface area contributed by atoms with Crippen molar-refractivity contribution in [2.45, 2.75) is 38.0 Å². The normalized spacial score (nSPS) is 18.4. The van der Waals surface area contributed by atoms with Crippen LogP contribution < -0.4 is 15.6 Å². The van der Waals surface area contributed by atoms with E-state index in [4.69, 9.17) is 4.98 Å². The van der Waals surface area contributed by atoms with Crippen LogP contribution in [0.15, 0.2) is 41.3 Å². The number of rotatable bonds is 4. The van der Waals surface area contributed by atoms with Crippen LogP contribution in [0.2, 0.25) is 0 Å². The van der Waals surface area contributed by atoms with Crippen molar-refractivity contribution in [2.24, 2.45) is 0 Å². The van der Waals surface area contributed by atoms with Gasteiger partial charge in [-0.25, -0.2) is 4.98 Å². The molecule has 1 saturated carbocycles. The van der Waals surface area contributed by atoms with Gasteiger partial charge < -0.3 is 20.1 Å². The summed E-state index contributed by atoms with van der Waals surface area (Å²) in [5.74, 6) is 0.866. The molecular weight excluding hydrogens is 388 g/mol. The zero-order valence-electron chi connectivity index (χ0n) is 18.1. The van der Waals surface area contributed by atoms with Crippen LogP contribution in [0, 0.1) is 0 Å². The molecule has 1 saturated heterocycles. The van der Waals surface area contributed by atoms with Crippen molar-refractivity contribution in [1.82, 2.24) is 19.9 Å². The molecule has 1 aliphatic heterocycles. The van der Waals surface area contributed by atoms with E-state index in [1.165, 1.54) is 24.9 Å². The van der Waals surface area contributed by atoms with Gasteiger partial charge in [0.05, 0.1) is 11.1 Å². The molecule has 2 aromatic heterocycles. The van der Waals surface area contributed by atoms with E-state index in [0.29, 0.717) is 22.9 Å². The maximum Gasteiger partial charge on any atom is 0.229 e. The van der Waals surface area contributed by atoms with Crippen LogP contribution in [-0.2, 0) is 0 Å². The van der Waals surface area contributed by atoms with Gasteiger partial charge in [0.1, 0.15) is 5.65 Å². The largest absolute Gasteiger partial charge is 0.369 e. The minimum Gasteiger partial charge on any atom is -0.369 e. The molecular formula is C24H30N6O. The summed E-state index contributed by atoms with van der Waals surface area (Å²) in [5, 5.41) is 4.05. The van der Waals surface area contributed by atoms with Crippen molar-refractivity contribution in [1.29, 1.82) is 0 Å². The van der Waals surface area contributed by atoms with Gasteiger partial charge in [0.25, 0.3) is 0 Å². The smallest absolute Gasteiger partial charge is 0.229 e. The van der Waals surface area contributed by atoms with Gasteiger partial charge in [-0.15, -0.1) is 0 Å². The molecule has 0 unspecified atom stereocenters. The van der Waals surface area contributed by atoms with Crippen molar-refractivity contribution < 1.29 is 0 Å². The number of piperazine rings is 1. The van der Waals surface area contributed by atoms with Crippen LogP contribution in [0.1, 0.15) is 43.7 Å². The standard InChI is InChI=1S/C24H30N6O/c1-29-12-14-30(15-13-29)19-9-5-8-18(16-19)26-24-27-22(17-6-3-2-4-7-17)21-20(31)10-11-25-23(21)28-24/h5,8-11,16-17H,2-4,6-7,12-15H2,1H3,(H2,25,26,27,28,31). The van der Waals surface area contributed by atoms with Gasteiger partial charge in [0, 0.05) is 55.7 Å². The van der Waals surface area contributed by atoms with Crippen LogP contribution in [0.25, 0.3) is 11.0 Å². The summed E-state index contributed by atoms with van der Waals surface area (Å²) in [7, 11) is 2.17. The van der Waals surface area contributed by atoms with E-state index >= 15 is 0 Å². The topological polar surface area (TPSA) is 77.1 Å². The average molecular weight is 419 g/mol. The Morgan fingerprint density at radius 2 is 1.84 bits per heavy atom. The number of anilines is 3. The highest BCUT2D eigenvalue weighted by molar-refractivity contribution is 5.79. The van der Waals surface area contributed by atoms with Gasteiger partial charge in [0.15, 0.2) is 5.43 Å². The number of nitrogens with one attached hydrogen (secondary N) is 2. The van der Waals surface area contributed by atoms with Crippen molar-refractivity contribution in [3.8, 4) is 0 Å². The molecule has 2 fully saturated rings. The Labute approximate surface area is 182 Å². The molecule has 7 heteroatoms. The zero-order valence-corrected chi connectivity index (χ0v) is 18.1. The average Bonchev–Trinajstić information content (AvgIpc) is 2.80. The van der Waals surface area contributed by atoms with Crippen molar-refractivity contribution in [2.75, 3.05) is 43.4 Å². The van der Waals surface area contributed by atoms with E-state index in [0.717, 1.165) is 50.4 Å². The Bertz CT molecular complexity index is 1110. The zero-order chi connectivity index (χ0) is 21.2. The molecule has 5 rings (SSSR count). The molecule has 162 valence electrons. The Hall–Kier alpha value is -2.93. The second kappa shape index (κ2) is 8.67. The van der Waals surface area contributed by atoms with Gasteiger partial charge in [-0.2, -0.15) is 4.98 Å². The molecule has 0 bridgehead atoms. The summed E-state index contributed by atoms with van der Waals surface area (Å²) < 4.78 is 0. The maximum absolute atomic E-state index is 12.6. The first-order chi connectivity index (χ1) is 15.2. The highest BCUT2D eigenvalue weighted by Crippen LogP contribution is 2.34. The summed E-state index contributed by atoms with van der Waals surface area (Å²) in [4.78, 5) is 30.1. The quantitative estimate of drug-likeness (QED) is 0.670. The number of hydrogen-bond acceptors (Lipinski definition) is 6. The number of aromatic nitrogens is 3. The molecule has 2 aliphatic rings. The number of H-pyrrole nitrogens is 1. The molecule has 0 spiro atoms. The Kier molecular flexibility index (Phi) is 5.59. The molecule has 1 aliphatic carbocycles. The lowest BCUT2D eigenvalue weighted by atomic mass is 9.85. The number of aromatic amines is 1. The van der Waals surface area contributed by atoms with Crippen LogP contribution in [0.4, 0.5) is 17.3 Å². The highest BCUT2D eigenvalue weighted by atomic mass is 16.1. The monoisotopic (exact) mass is 418 g/mol. The molecule has 0 atom stereocenters. The Morgan fingerprint density at radius 1 is 1.03 bits per heavy atom. The molecule has 3 aromatic rings. The van der Waals surface area contributed by atoms with Crippen LogP contribution in [-0.4, -0.2) is 53.1 Å². The minimum absolute atomic E-state index is 0.00191. The van der Waals surface area contributed by atoms with Gasteiger partial charge >= 0.3 is 0 Å². The lowest BCUT2D eigenvalue weighted by Crippen LogP contribution is -2.44. The van der Waals surface area contributed by atoms with Crippen LogP contribution >= 0.6 is 0 Å². The van der Waals surface area contributed by atoms with E-state index in [1.807, 2.05) is 6.07 Å². The van der Waals surface area contributed by atoms with E-state index in [9.17, 15) is 4.79 Å². The van der Waals surface area contributed by atoms with E-state index in [1.54, 1.807) is 12.3 Å². The maximum atomic E-state index is 12.6. The minimum atomic E-state index is -0.00191. The van der Waals surface area contributed by atoms with Gasteiger partial charge in [0.2, 0.25) is 5.95 Å². The number of likely N-dealkylation sites (N-methyl/N-ethyl adjacent to an activating group) is 1. The number of pyridine rings is 1. The van der Waals surface area contributed by atoms with Gasteiger partial charge in [-0.05, 0) is 38.1 Å². The summed E-state index contributed by atoms with van der Waals surface area (Å²) in [6, 6.07) is 10.0. The van der Waals surface area contributed by atoms with Crippen molar-refractivity contribution in [3.05, 3.63) is 52.4 Å². The number of fused-ring (bicyclic) bond motifs is 1. The number of nitrogens with zero attached hydrogens (tertiary/aromatic N) is 4. The third-order valence-corrected chi connectivity index (χ3v) is 6.60. The fourth-order valence-corrected chi connectivity index (χ4v) is 4.81. The summed E-state index contributed by atoms with van der Waals surface area (Å²) in [5.41, 5.74) is 3.67. The lowest BCUT2D eigenvalue weighted by molar-refractivity contribution is 0.313. The first-order valence-corrected chi connectivity index (χ1v) is 11.4. The van der Waals surface area contributed by atoms with Gasteiger partial charge in [-0.3, -0.25) is 4.79 Å². The number of benzene rings is 1. The molecule has 1 aromatic carbocycles. The first kappa shape index (κ1) is 20.0. The predicted octanol–water partition coefficient (Wildman–Crippen LogP) is 3.86.